The van der Waals surface area contributed by atoms with Gasteiger partial charge < -0.3 is 5.32 Å². The maximum atomic E-state index is 10.7. The summed E-state index contributed by atoms with van der Waals surface area (Å²) in [6, 6.07) is 0. The third-order valence-electron chi connectivity index (χ3n) is 1.60. The van der Waals surface area contributed by atoms with Gasteiger partial charge in [-0.15, -0.1) is 0 Å². The standard InChI is InChI=1S/C10H13NO/c1-8-4-3-5-10(7-6-8)11-9(2)12/h3-4,6-7H,5H2,1-2H3,(H,11,12). The number of hydrogen-bond acceptors (Lipinski definition) is 1. The van der Waals surface area contributed by atoms with E-state index in [9.17, 15) is 4.79 Å². The van der Waals surface area contributed by atoms with E-state index in [-0.39, 0.29) is 5.91 Å². The molecule has 0 aromatic rings. The quantitative estimate of drug-likeness (QED) is 0.628. The van der Waals surface area contributed by atoms with E-state index >= 15 is 0 Å². The van der Waals surface area contributed by atoms with Crippen molar-refractivity contribution in [1.82, 2.24) is 5.32 Å². The van der Waals surface area contributed by atoms with Gasteiger partial charge in [-0.05, 0) is 13.0 Å². The molecular weight excluding hydrogens is 150 g/mol. The van der Waals surface area contributed by atoms with Gasteiger partial charge in [0.15, 0.2) is 0 Å². The second-order valence-electron chi connectivity index (χ2n) is 2.89. The van der Waals surface area contributed by atoms with Crippen LogP contribution in [0, 0.1) is 0 Å². The molecule has 1 amide bonds. The second-order valence-corrected chi connectivity index (χ2v) is 2.89. The second kappa shape index (κ2) is 3.90. The van der Waals surface area contributed by atoms with Crippen molar-refractivity contribution < 1.29 is 4.79 Å². The van der Waals surface area contributed by atoms with Crippen LogP contribution in [0.15, 0.2) is 35.6 Å². The number of allylic oxidation sites excluding steroid dienone is 5. The van der Waals surface area contributed by atoms with Crippen molar-refractivity contribution in [2.75, 3.05) is 0 Å². The summed E-state index contributed by atoms with van der Waals surface area (Å²) in [7, 11) is 0. The Bertz CT molecular complexity index is 272. The van der Waals surface area contributed by atoms with Gasteiger partial charge in [0.1, 0.15) is 0 Å². The van der Waals surface area contributed by atoms with Crippen LogP contribution in [0.2, 0.25) is 0 Å². The van der Waals surface area contributed by atoms with E-state index in [0.717, 1.165) is 12.1 Å². The van der Waals surface area contributed by atoms with Crippen LogP contribution in [0.5, 0.6) is 0 Å². The molecule has 1 aliphatic carbocycles. The minimum Gasteiger partial charge on any atom is -0.330 e. The maximum Gasteiger partial charge on any atom is 0.221 e. The molecule has 0 aliphatic heterocycles. The van der Waals surface area contributed by atoms with Gasteiger partial charge in [0.25, 0.3) is 0 Å². The summed E-state index contributed by atoms with van der Waals surface area (Å²) in [6.07, 6.45) is 8.82. The van der Waals surface area contributed by atoms with E-state index < -0.39 is 0 Å². The lowest BCUT2D eigenvalue weighted by Gasteiger charge is -2.02. The molecule has 0 unspecified atom stereocenters. The van der Waals surface area contributed by atoms with Crippen LogP contribution in [-0.4, -0.2) is 5.91 Å². The summed E-state index contributed by atoms with van der Waals surface area (Å²) < 4.78 is 0. The van der Waals surface area contributed by atoms with Crippen LogP contribution in [-0.2, 0) is 4.79 Å². The van der Waals surface area contributed by atoms with Crippen LogP contribution in [0.25, 0.3) is 0 Å². The van der Waals surface area contributed by atoms with Crippen molar-refractivity contribution in [3.8, 4) is 0 Å². The Morgan fingerprint density at radius 3 is 2.92 bits per heavy atom. The van der Waals surface area contributed by atoms with E-state index in [1.54, 1.807) is 0 Å². The fourth-order valence-corrected chi connectivity index (χ4v) is 1.05. The lowest BCUT2D eigenvalue weighted by Crippen LogP contribution is -2.18. The number of carbonyl (C=O) groups is 1. The van der Waals surface area contributed by atoms with Crippen molar-refractivity contribution in [2.45, 2.75) is 20.3 Å². The Morgan fingerprint density at radius 2 is 2.25 bits per heavy atom. The van der Waals surface area contributed by atoms with Gasteiger partial charge >= 0.3 is 0 Å². The summed E-state index contributed by atoms with van der Waals surface area (Å²) >= 11 is 0. The average molecular weight is 163 g/mol. The van der Waals surface area contributed by atoms with Crippen LogP contribution >= 0.6 is 0 Å². The van der Waals surface area contributed by atoms with Gasteiger partial charge in [-0.3, -0.25) is 4.79 Å². The Labute approximate surface area is 72.7 Å². The summed E-state index contributed by atoms with van der Waals surface area (Å²) in [5.41, 5.74) is 2.16. The van der Waals surface area contributed by atoms with E-state index in [1.165, 1.54) is 12.5 Å². The van der Waals surface area contributed by atoms with Crippen LogP contribution < -0.4 is 5.32 Å². The van der Waals surface area contributed by atoms with Crippen molar-refractivity contribution in [3.63, 3.8) is 0 Å². The molecule has 12 heavy (non-hydrogen) atoms. The topological polar surface area (TPSA) is 29.1 Å². The van der Waals surface area contributed by atoms with Gasteiger partial charge in [0.05, 0.1) is 0 Å². The Morgan fingerprint density at radius 1 is 1.50 bits per heavy atom. The fraction of sp³-hybridized carbons (Fsp3) is 0.300. The summed E-state index contributed by atoms with van der Waals surface area (Å²) in [6.45, 7) is 3.55. The minimum atomic E-state index is -0.0115. The zero-order chi connectivity index (χ0) is 8.97. The first-order valence-electron chi connectivity index (χ1n) is 4.00. The summed E-state index contributed by atoms with van der Waals surface area (Å²) in [5, 5.41) is 2.77. The first-order valence-corrected chi connectivity index (χ1v) is 4.00. The van der Waals surface area contributed by atoms with Crippen LogP contribution in [0.1, 0.15) is 20.3 Å². The van der Waals surface area contributed by atoms with Gasteiger partial charge in [-0.2, -0.15) is 0 Å². The molecule has 2 nitrogen and oxygen atoms in total. The van der Waals surface area contributed by atoms with E-state index in [1.807, 2.05) is 31.2 Å². The SMILES string of the molecule is CC(=O)NC1=CC=C(C)C=CC1. The number of carbonyl (C=O) groups excluding carboxylic acids is 1. The first kappa shape index (κ1) is 8.78. The highest BCUT2D eigenvalue weighted by atomic mass is 16.1. The molecule has 0 saturated heterocycles. The van der Waals surface area contributed by atoms with Crippen molar-refractivity contribution in [1.29, 1.82) is 0 Å². The molecule has 64 valence electrons. The first-order chi connectivity index (χ1) is 5.68. The third kappa shape index (κ3) is 2.74. The highest BCUT2D eigenvalue weighted by Gasteiger charge is 1.98. The van der Waals surface area contributed by atoms with Gasteiger partial charge in [-0.1, -0.05) is 23.8 Å². The smallest absolute Gasteiger partial charge is 0.221 e. The van der Waals surface area contributed by atoms with Crippen molar-refractivity contribution >= 4 is 5.91 Å². The highest BCUT2D eigenvalue weighted by Crippen LogP contribution is 2.07. The molecule has 0 heterocycles. The molecule has 0 fully saturated rings. The summed E-state index contributed by atoms with van der Waals surface area (Å²) in [4.78, 5) is 10.7. The lowest BCUT2D eigenvalue weighted by molar-refractivity contribution is -0.118. The van der Waals surface area contributed by atoms with E-state index in [0.29, 0.717) is 0 Å². The number of amides is 1. The predicted molar refractivity (Wildman–Crippen MR) is 49.4 cm³/mol. The van der Waals surface area contributed by atoms with Crippen LogP contribution in [0.3, 0.4) is 0 Å². The summed E-state index contributed by atoms with van der Waals surface area (Å²) in [5.74, 6) is -0.0115. The number of hydrogen-bond donors (Lipinski definition) is 1. The Kier molecular flexibility index (Phi) is 2.86. The van der Waals surface area contributed by atoms with Gasteiger partial charge in [0, 0.05) is 19.0 Å². The Hall–Kier alpha value is -1.31. The number of rotatable bonds is 1. The van der Waals surface area contributed by atoms with Gasteiger partial charge in [0.2, 0.25) is 5.91 Å². The van der Waals surface area contributed by atoms with Crippen LogP contribution in [0.4, 0.5) is 0 Å². The molecule has 1 N–H and O–H groups in total. The lowest BCUT2D eigenvalue weighted by atomic mass is 10.3. The zero-order valence-corrected chi connectivity index (χ0v) is 7.42. The molecular formula is C10H13NO. The minimum absolute atomic E-state index is 0.0115. The zero-order valence-electron chi connectivity index (χ0n) is 7.42. The molecule has 0 saturated carbocycles. The molecule has 2 heteroatoms. The molecule has 1 aliphatic rings. The van der Waals surface area contributed by atoms with E-state index in [2.05, 4.69) is 5.32 Å². The molecule has 0 spiro atoms. The predicted octanol–water partition coefficient (Wildman–Crippen LogP) is 1.91. The highest BCUT2D eigenvalue weighted by molar-refractivity contribution is 5.75. The Balaban J connectivity index is 2.68. The van der Waals surface area contributed by atoms with Crippen molar-refractivity contribution in [3.05, 3.63) is 35.6 Å². The molecule has 0 radical (unpaired) electrons. The third-order valence-corrected chi connectivity index (χ3v) is 1.60. The molecule has 0 aromatic carbocycles. The van der Waals surface area contributed by atoms with E-state index in [4.69, 9.17) is 0 Å². The monoisotopic (exact) mass is 163 g/mol. The largest absolute Gasteiger partial charge is 0.330 e. The number of nitrogens with one attached hydrogen (secondary N) is 1. The fourth-order valence-electron chi connectivity index (χ4n) is 1.05. The molecule has 1 rings (SSSR count). The van der Waals surface area contributed by atoms with Crippen molar-refractivity contribution in [2.24, 2.45) is 0 Å². The molecule has 0 bridgehead atoms. The molecule has 0 atom stereocenters. The molecule has 0 aromatic heterocycles. The maximum absolute atomic E-state index is 10.7. The average Bonchev–Trinajstić information content (AvgIpc) is 2.15. The normalized spacial score (nSPS) is 16.2. The van der Waals surface area contributed by atoms with Gasteiger partial charge in [-0.25, -0.2) is 0 Å².